The summed E-state index contributed by atoms with van der Waals surface area (Å²) in [5, 5.41) is 9.28. The Morgan fingerprint density at radius 3 is 2.71 bits per heavy atom. The minimum absolute atomic E-state index is 0.526. The Balaban J connectivity index is 1.83. The summed E-state index contributed by atoms with van der Waals surface area (Å²) >= 11 is 0. The number of carbonyl (C=O) groups is 1. The average molecular weight is 382 g/mol. The maximum absolute atomic E-state index is 11.3. The molecule has 0 aliphatic carbocycles. The third-order valence-electron chi connectivity index (χ3n) is 4.49. The molecule has 0 radical (unpaired) electrons. The number of carboxylic acids is 1. The van der Waals surface area contributed by atoms with Gasteiger partial charge in [0.2, 0.25) is 0 Å². The molecule has 0 fully saturated rings. The molecule has 0 saturated heterocycles. The van der Waals surface area contributed by atoms with Gasteiger partial charge in [0.05, 0.1) is 0 Å². The number of anilines is 1. The van der Waals surface area contributed by atoms with Crippen LogP contribution in [0.2, 0.25) is 0 Å². The van der Waals surface area contributed by atoms with E-state index in [0.29, 0.717) is 18.3 Å². The van der Waals surface area contributed by atoms with Crippen LogP contribution < -0.4 is 9.64 Å². The lowest BCUT2D eigenvalue weighted by atomic mass is 10.1. The van der Waals surface area contributed by atoms with Crippen molar-refractivity contribution < 1.29 is 19.1 Å². The van der Waals surface area contributed by atoms with Gasteiger partial charge in [0.25, 0.3) is 6.01 Å². The SMILES string of the molecule is CCCCN(Cc1cccc(OC(C)(C)C(=O)O)c1)c1nc2ccccc2o1. The quantitative estimate of drug-likeness (QED) is 0.569. The molecule has 6 heteroatoms. The van der Waals surface area contributed by atoms with Gasteiger partial charge in [-0.3, -0.25) is 0 Å². The highest BCUT2D eigenvalue weighted by Gasteiger charge is 2.29. The number of rotatable bonds is 9. The summed E-state index contributed by atoms with van der Waals surface area (Å²) in [5.74, 6) is -0.480. The fourth-order valence-electron chi connectivity index (χ4n) is 2.85. The van der Waals surface area contributed by atoms with Gasteiger partial charge < -0.3 is 19.2 Å². The summed E-state index contributed by atoms with van der Waals surface area (Å²) in [7, 11) is 0. The number of para-hydroxylation sites is 2. The summed E-state index contributed by atoms with van der Waals surface area (Å²) in [6.45, 7) is 6.63. The molecule has 6 nitrogen and oxygen atoms in total. The van der Waals surface area contributed by atoms with Crippen LogP contribution in [-0.2, 0) is 11.3 Å². The summed E-state index contributed by atoms with van der Waals surface area (Å²) in [5.41, 5.74) is 1.30. The van der Waals surface area contributed by atoms with Gasteiger partial charge >= 0.3 is 5.97 Å². The largest absolute Gasteiger partial charge is 0.478 e. The fraction of sp³-hybridized carbons (Fsp3) is 0.364. The van der Waals surface area contributed by atoms with Gasteiger partial charge in [0, 0.05) is 13.1 Å². The summed E-state index contributed by atoms with van der Waals surface area (Å²) in [4.78, 5) is 18.0. The highest BCUT2D eigenvalue weighted by Crippen LogP contribution is 2.25. The monoisotopic (exact) mass is 382 g/mol. The lowest BCUT2D eigenvalue weighted by molar-refractivity contribution is -0.152. The van der Waals surface area contributed by atoms with E-state index in [1.54, 1.807) is 6.07 Å². The van der Waals surface area contributed by atoms with Gasteiger partial charge in [0.15, 0.2) is 11.2 Å². The van der Waals surface area contributed by atoms with Crippen LogP contribution in [0.5, 0.6) is 5.75 Å². The first-order chi connectivity index (χ1) is 13.4. The number of unbranched alkanes of at least 4 members (excludes halogenated alkanes) is 1. The van der Waals surface area contributed by atoms with Crippen LogP contribution in [0.25, 0.3) is 11.1 Å². The lowest BCUT2D eigenvalue weighted by Gasteiger charge is -2.23. The molecular weight excluding hydrogens is 356 g/mol. The van der Waals surface area contributed by atoms with E-state index in [4.69, 9.17) is 9.15 Å². The summed E-state index contributed by atoms with van der Waals surface area (Å²) < 4.78 is 11.6. The van der Waals surface area contributed by atoms with Crippen LogP contribution >= 0.6 is 0 Å². The van der Waals surface area contributed by atoms with Crippen LogP contribution in [0.15, 0.2) is 52.9 Å². The van der Waals surface area contributed by atoms with Crippen molar-refractivity contribution in [2.24, 2.45) is 0 Å². The Kier molecular flexibility index (Phi) is 5.87. The highest BCUT2D eigenvalue weighted by molar-refractivity contribution is 5.76. The predicted molar refractivity (Wildman–Crippen MR) is 109 cm³/mol. The van der Waals surface area contributed by atoms with Gasteiger partial charge in [0.1, 0.15) is 11.3 Å². The molecule has 2 aromatic carbocycles. The van der Waals surface area contributed by atoms with Gasteiger partial charge in [-0.1, -0.05) is 37.6 Å². The second-order valence-corrected chi connectivity index (χ2v) is 7.30. The minimum atomic E-state index is -1.29. The first-order valence-electron chi connectivity index (χ1n) is 9.51. The van der Waals surface area contributed by atoms with Crippen molar-refractivity contribution in [2.45, 2.75) is 45.8 Å². The summed E-state index contributed by atoms with van der Waals surface area (Å²) in [6, 6.07) is 15.8. The van der Waals surface area contributed by atoms with Crippen LogP contribution in [0, 0.1) is 0 Å². The molecule has 0 aliphatic rings. The third kappa shape index (κ3) is 4.63. The highest BCUT2D eigenvalue weighted by atomic mass is 16.5. The van der Waals surface area contributed by atoms with E-state index in [0.717, 1.165) is 36.0 Å². The number of ether oxygens (including phenoxy) is 1. The van der Waals surface area contributed by atoms with Crippen molar-refractivity contribution in [1.29, 1.82) is 0 Å². The zero-order valence-electron chi connectivity index (χ0n) is 16.5. The number of fused-ring (bicyclic) bond motifs is 1. The number of benzene rings is 2. The van der Waals surface area contributed by atoms with E-state index in [1.807, 2.05) is 42.5 Å². The van der Waals surface area contributed by atoms with Crippen molar-refractivity contribution in [1.82, 2.24) is 4.98 Å². The molecule has 0 bridgehead atoms. The Labute approximate surface area is 164 Å². The molecule has 0 unspecified atom stereocenters. The van der Waals surface area contributed by atoms with Crippen LogP contribution in [0.1, 0.15) is 39.2 Å². The Morgan fingerprint density at radius 2 is 2.00 bits per heavy atom. The van der Waals surface area contributed by atoms with Crippen LogP contribution in [-0.4, -0.2) is 28.2 Å². The smallest absolute Gasteiger partial charge is 0.347 e. The first kappa shape index (κ1) is 19.7. The van der Waals surface area contributed by atoms with Crippen molar-refractivity contribution >= 4 is 23.1 Å². The third-order valence-corrected chi connectivity index (χ3v) is 4.49. The lowest BCUT2D eigenvalue weighted by Crippen LogP contribution is -2.37. The van der Waals surface area contributed by atoms with E-state index in [2.05, 4.69) is 16.8 Å². The molecule has 3 rings (SSSR count). The van der Waals surface area contributed by atoms with E-state index < -0.39 is 11.6 Å². The molecule has 1 N–H and O–H groups in total. The molecular formula is C22H26N2O4. The maximum Gasteiger partial charge on any atom is 0.347 e. The Morgan fingerprint density at radius 1 is 1.21 bits per heavy atom. The number of hydrogen-bond acceptors (Lipinski definition) is 5. The van der Waals surface area contributed by atoms with Gasteiger partial charge in [-0.15, -0.1) is 0 Å². The molecule has 148 valence electrons. The molecule has 0 aliphatic heterocycles. The van der Waals surface area contributed by atoms with E-state index in [-0.39, 0.29) is 0 Å². The Bertz CT molecular complexity index is 915. The normalized spacial score (nSPS) is 11.5. The van der Waals surface area contributed by atoms with Crippen LogP contribution in [0.3, 0.4) is 0 Å². The number of carboxylic acid groups (broad SMARTS) is 1. The molecule has 1 heterocycles. The van der Waals surface area contributed by atoms with Crippen molar-refractivity contribution in [2.75, 3.05) is 11.4 Å². The summed E-state index contributed by atoms with van der Waals surface area (Å²) in [6.07, 6.45) is 2.08. The standard InChI is InChI=1S/C22H26N2O4/c1-4-5-13-24(21-23-18-11-6-7-12-19(18)27-21)15-16-9-8-10-17(14-16)28-22(2,3)20(25)26/h6-12,14H,4-5,13,15H2,1-3H3,(H,25,26). The number of aliphatic carboxylic acids is 1. The van der Waals surface area contributed by atoms with Gasteiger partial charge in [-0.25, -0.2) is 4.79 Å². The number of aromatic nitrogens is 1. The van der Waals surface area contributed by atoms with Crippen LogP contribution in [0.4, 0.5) is 6.01 Å². The van der Waals surface area contributed by atoms with Crippen molar-refractivity contribution in [3.8, 4) is 5.75 Å². The zero-order valence-corrected chi connectivity index (χ0v) is 16.5. The number of nitrogens with zero attached hydrogens (tertiary/aromatic N) is 2. The van der Waals surface area contributed by atoms with Gasteiger partial charge in [-0.2, -0.15) is 4.98 Å². The molecule has 0 spiro atoms. The molecule has 0 atom stereocenters. The molecule has 0 amide bonds. The van der Waals surface area contributed by atoms with E-state index >= 15 is 0 Å². The topological polar surface area (TPSA) is 75.8 Å². The molecule has 28 heavy (non-hydrogen) atoms. The van der Waals surface area contributed by atoms with E-state index in [1.165, 1.54) is 13.8 Å². The minimum Gasteiger partial charge on any atom is -0.478 e. The van der Waals surface area contributed by atoms with Crippen molar-refractivity contribution in [3.63, 3.8) is 0 Å². The fourth-order valence-corrected chi connectivity index (χ4v) is 2.85. The molecule has 1 aromatic heterocycles. The Hall–Kier alpha value is -3.02. The first-order valence-corrected chi connectivity index (χ1v) is 9.51. The predicted octanol–water partition coefficient (Wildman–Crippen LogP) is 4.88. The maximum atomic E-state index is 11.3. The second-order valence-electron chi connectivity index (χ2n) is 7.30. The molecule has 0 saturated carbocycles. The second kappa shape index (κ2) is 8.33. The zero-order chi connectivity index (χ0) is 20.1. The van der Waals surface area contributed by atoms with E-state index in [9.17, 15) is 9.90 Å². The van der Waals surface area contributed by atoms with Crippen molar-refractivity contribution in [3.05, 3.63) is 54.1 Å². The number of oxazole rings is 1. The number of hydrogen-bond donors (Lipinski definition) is 1. The average Bonchev–Trinajstić information content (AvgIpc) is 3.09. The molecule has 3 aromatic rings. The van der Waals surface area contributed by atoms with Gasteiger partial charge in [-0.05, 0) is 50.1 Å².